The molecule has 2 aromatic carbocycles. The highest BCUT2D eigenvalue weighted by Crippen LogP contribution is 2.24. The Morgan fingerprint density at radius 3 is 2.60 bits per heavy atom. The third-order valence-corrected chi connectivity index (χ3v) is 2.90. The molecule has 0 atom stereocenters. The van der Waals surface area contributed by atoms with Crippen LogP contribution in [0.1, 0.15) is 5.56 Å². The van der Waals surface area contributed by atoms with Crippen molar-refractivity contribution in [1.82, 2.24) is 0 Å². The molecule has 5 heteroatoms. The number of benzene rings is 2. The van der Waals surface area contributed by atoms with E-state index in [0.29, 0.717) is 16.5 Å². The fourth-order valence-corrected chi connectivity index (χ4v) is 1.81. The van der Waals surface area contributed by atoms with Gasteiger partial charge in [0.05, 0.1) is 5.69 Å². The average molecular weight is 291 g/mol. The van der Waals surface area contributed by atoms with E-state index < -0.39 is 0 Å². The van der Waals surface area contributed by atoms with Gasteiger partial charge in [0.15, 0.2) is 6.61 Å². The topological polar surface area (TPSA) is 64.3 Å². The first-order valence-corrected chi connectivity index (χ1v) is 6.47. The Morgan fingerprint density at radius 2 is 1.95 bits per heavy atom. The first-order chi connectivity index (χ1) is 9.54. The predicted octanol–water partition coefficient (Wildman–Crippen LogP) is 3.25. The second kappa shape index (κ2) is 6.30. The lowest BCUT2D eigenvalue weighted by atomic mass is 10.2. The molecule has 0 saturated heterocycles. The van der Waals surface area contributed by atoms with Gasteiger partial charge in [-0.2, -0.15) is 0 Å². The number of aryl methyl sites for hydroxylation is 1. The molecule has 2 rings (SSSR count). The number of nitrogens with two attached hydrogens (primary N) is 1. The molecule has 0 fully saturated rings. The smallest absolute Gasteiger partial charge is 0.262 e. The molecule has 0 bridgehead atoms. The maximum absolute atomic E-state index is 11.7. The Kier molecular flexibility index (Phi) is 4.48. The van der Waals surface area contributed by atoms with Crippen molar-refractivity contribution < 1.29 is 9.53 Å². The van der Waals surface area contributed by atoms with E-state index in [1.54, 1.807) is 18.2 Å². The van der Waals surface area contributed by atoms with E-state index >= 15 is 0 Å². The standard InChI is InChI=1S/C15H15ClN2O2/c1-10-2-5-12(6-3-10)18-15(19)9-20-14-7-4-11(16)8-13(14)17/h2-8H,9,17H2,1H3,(H,18,19). The molecule has 0 aliphatic heterocycles. The summed E-state index contributed by atoms with van der Waals surface area (Å²) >= 11 is 5.78. The summed E-state index contributed by atoms with van der Waals surface area (Å²) in [5.74, 6) is 0.191. The van der Waals surface area contributed by atoms with Crippen LogP contribution in [0.4, 0.5) is 11.4 Å². The van der Waals surface area contributed by atoms with Gasteiger partial charge in [0, 0.05) is 10.7 Å². The van der Waals surface area contributed by atoms with Crippen LogP contribution < -0.4 is 15.8 Å². The van der Waals surface area contributed by atoms with Crippen molar-refractivity contribution in [3.05, 3.63) is 53.1 Å². The SMILES string of the molecule is Cc1ccc(NC(=O)COc2ccc(Cl)cc2N)cc1. The van der Waals surface area contributed by atoms with Gasteiger partial charge in [0.1, 0.15) is 5.75 Å². The summed E-state index contributed by atoms with van der Waals surface area (Å²) in [5, 5.41) is 3.27. The van der Waals surface area contributed by atoms with Crippen LogP contribution in [0.2, 0.25) is 5.02 Å². The number of hydrogen-bond donors (Lipinski definition) is 2. The van der Waals surface area contributed by atoms with Crippen molar-refractivity contribution in [1.29, 1.82) is 0 Å². The van der Waals surface area contributed by atoms with E-state index in [2.05, 4.69) is 5.32 Å². The van der Waals surface area contributed by atoms with Gasteiger partial charge in [-0.3, -0.25) is 4.79 Å². The second-order valence-electron chi connectivity index (χ2n) is 4.39. The normalized spacial score (nSPS) is 10.1. The van der Waals surface area contributed by atoms with Crippen LogP contribution in [0.25, 0.3) is 0 Å². The van der Waals surface area contributed by atoms with Crippen molar-refractivity contribution in [2.24, 2.45) is 0 Å². The summed E-state index contributed by atoms with van der Waals surface area (Å²) in [5.41, 5.74) is 8.00. The van der Waals surface area contributed by atoms with E-state index in [1.807, 2.05) is 31.2 Å². The van der Waals surface area contributed by atoms with Gasteiger partial charge >= 0.3 is 0 Å². The molecular formula is C15H15ClN2O2. The largest absolute Gasteiger partial charge is 0.482 e. The number of halogens is 1. The number of carbonyl (C=O) groups excluding carboxylic acids is 1. The van der Waals surface area contributed by atoms with Crippen molar-refractivity contribution in [3.63, 3.8) is 0 Å². The van der Waals surface area contributed by atoms with Gasteiger partial charge < -0.3 is 15.8 Å². The molecule has 0 saturated carbocycles. The molecule has 0 radical (unpaired) electrons. The number of amides is 1. The summed E-state index contributed by atoms with van der Waals surface area (Å²) in [6.45, 7) is 1.87. The highest BCUT2D eigenvalue weighted by atomic mass is 35.5. The zero-order valence-electron chi connectivity index (χ0n) is 11.0. The predicted molar refractivity (Wildman–Crippen MR) is 81.2 cm³/mol. The lowest BCUT2D eigenvalue weighted by Gasteiger charge is -2.09. The molecule has 0 aromatic heterocycles. The van der Waals surface area contributed by atoms with E-state index in [-0.39, 0.29) is 12.5 Å². The van der Waals surface area contributed by atoms with Crippen LogP contribution in [0.3, 0.4) is 0 Å². The Bertz CT molecular complexity index is 612. The quantitative estimate of drug-likeness (QED) is 0.850. The van der Waals surface area contributed by atoms with Crippen molar-refractivity contribution in [3.8, 4) is 5.75 Å². The van der Waals surface area contributed by atoms with Crippen LogP contribution in [0.15, 0.2) is 42.5 Å². The minimum absolute atomic E-state index is 0.111. The van der Waals surface area contributed by atoms with E-state index in [9.17, 15) is 4.79 Å². The van der Waals surface area contributed by atoms with Crippen molar-refractivity contribution in [2.75, 3.05) is 17.7 Å². The molecule has 2 aromatic rings. The Balaban J connectivity index is 1.90. The maximum atomic E-state index is 11.7. The minimum Gasteiger partial charge on any atom is -0.482 e. The van der Waals surface area contributed by atoms with Crippen LogP contribution in [0.5, 0.6) is 5.75 Å². The lowest BCUT2D eigenvalue weighted by Crippen LogP contribution is -2.20. The van der Waals surface area contributed by atoms with Crippen LogP contribution in [-0.4, -0.2) is 12.5 Å². The lowest BCUT2D eigenvalue weighted by molar-refractivity contribution is -0.118. The van der Waals surface area contributed by atoms with Gasteiger partial charge in [0.2, 0.25) is 0 Å². The number of nitrogen functional groups attached to an aromatic ring is 1. The third kappa shape index (κ3) is 3.90. The summed E-state index contributed by atoms with van der Waals surface area (Å²) in [6, 6.07) is 12.4. The van der Waals surface area contributed by atoms with E-state index in [0.717, 1.165) is 11.3 Å². The Hall–Kier alpha value is -2.20. The zero-order valence-corrected chi connectivity index (χ0v) is 11.8. The highest BCUT2D eigenvalue weighted by Gasteiger charge is 2.06. The van der Waals surface area contributed by atoms with Crippen molar-refractivity contribution >= 4 is 28.9 Å². The number of anilines is 2. The molecule has 3 N–H and O–H groups in total. The Labute approximate surface area is 122 Å². The first-order valence-electron chi connectivity index (χ1n) is 6.09. The molecule has 0 unspecified atom stereocenters. The summed E-state index contributed by atoms with van der Waals surface area (Å²) < 4.78 is 5.35. The molecule has 1 amide bonds. The number of rotatable bonds is 4. The molecule has 0 heterocycles. The monoisotopic (exact) mass is 290 g/mol. The van der Waals surface area contributed by atoms with Gasteiger partial charge in [-0.05, 0) is 37.3 Å². The second-order valence-corrected chi connectivity index (χ2v) is 4.82. The number of carbonyl (C=O) groups is 1. The molecule has 0 aliphatic rings. The molecule has 104 valence electrons. The molecule has 0 spiro atoms. The highest BCUT2D eigenvalue weighted by molar-refractivity contribution is 6.30. The van der Waals surface area contributed by atoms with E-state index in [4.69, 9.17) is 22.1 Å². The van der Waals surface area contributed by atoms with Crippen molar-refractivity contribution in [2.45, 2.75) is 6.92 Å². The average Bonchev–Trinajstić information content (AvgIpc) is 2.40. The fourth-order valence-electron chi connectivity index (χ4n) is 1.63. The first kappa shape index (κ1) is 14.2. The molecule has 20 heavy (non-hydrogen) atoms. The van der Waals surface area contributed by atoms with Gasteiger partial charge in [-0.25, -0.2) is 0 Å². The summed E-state index contributed by atoms with van der Waals surface area (Å²) in [4.78, 5) is 11.7. The molecule has 4 nitrogen and oxygen atoms in total. The summed E-state index contributed by atoms with van der Waals surface area (Å²) in [7, 11) is 0. The van der Waals surface area contributed by atoms with Gasteiger partial charge in [0.25, 0.3) is 5.91 Å². The number of ether oxygens (including phenoxy) is 1. The van der Waals surface area contributed by atoms with Crippen LogP contribution >= 0.6 is 11.6 Å². The van der Waals surface area contributed by atoms with Crippen LogP contribution in [-0.2, 0) is 4.79 Å². The molecule has 0 aliphatic carbocycles. The van der Waals surface area contributed by atoms with E-state index in [1.165, 1.54) is 0 Å². The fraction of sp³-hybridized carbons (Fsp3) is 0.133. The van der Waals surface area contributed by atoms with Crippen LogP contribution in [0, 0.1) is 6.92 Å². The maximum Gasteiger partial charge on any atom is 0.262 e. The summed E-state index contributed by atoms with van der Waals surface area (Å²) in [6.07, 6.45) is 0. The molecular weight excluding hydrogens is 276 g/mol. The zero-order chi connectivity index (χ0) is 14.5. The van der Waals surface area contributed by atoms with Gasteiger partial charge in [-0.1, -0.05) is 29.3 Å². The Morgan fingerprint density at radius 1 is 1.25 bits per heavy atom. The minimum atomic E-state index is -0.247. The van der Waals surface area contributed by atoms with Gasteiger partial charge in [-0.15, -0.1) is 0 Å². The third-order valence-electron chi connectivity index (χ3n) is 2.67. The number of nitrogens with one attached hydrogen (secondary N) is 1. The number of hydrogen-bond acceptors (Lipinski definition) is 3.